The number of carbonyl (C=O) groups is 1. The van der Waals surface area contributed by atoms with Crippen LogP contribution in [0.5, 0.6) is 0 Å². The van der Waals surface area contributed by atoms with Crippen LogP contribution in [0, 0.1) is 0 Å². The van der Waals surface area contributed by atoms with Gasteiger partial charge in [-0.15, -0.1) is 0 Å². The molecule has 0 bridgehead atoms. The van der Waals surface area contributed by atoms with E-state index in [4.69, 9.17) is 4.74 Å². The van der Waals surface area contributed by atoms with Crippen molar-refractivity contribution in [3.8, 4) is 0 Å². The molecule has 6 nitrogen and oxygen atoms in total. The zero-order chi connectivity index (χ0) is 23.8. The molecule has 0 saturated carbocycles. The molecule has 1 N–H and O–H groups in total. The van der Waals surface area contributed by atoms with Gasteiger partial charge in [-0.25, -0.2) is 13.2 Å². The molecule has 1 unspecified atom stereocenters. The van der Waals surface area contributed by atoms with Crippen LogP contribution in [0.25, 0.3) is 0 Å². The van der Waals surface area contributed by atoms with Gasteiger partial charge in [0.05, 0.1) is 17.0 Å². The lowest BCUT2D eigenvalue weighted by Gasteiger charge is -2.22. The van der Waals surface area contributed by atoms with Crippen molar-refractivity contribution >= 4 is 21.6 Å². The molecule has 1 amide bonds. The quantitative estimate of drug-likeness (QED) is 0.459. The number of alkyl carbamates (subject to hydrolysis) is 1. The van der Waals surface area contributed by atoms with E-state index in [-0.39, 0.29) is 17.4 Å². The molecule has 0 aliphatic carbocycles. The number of carbonyl (C=O) groups excluding carboxylic acids is 1. The Kier molecular flexibility index (Phi) is 9.86. The molecule has 1 aromatic rings. The highest BCUT2D eigenvalue weighted by Crippen LogP contribution is 2.22. The van der Waals surface area contributed by atoms with Crippen LogP contribution in [0.4, 0.5) is 10.5 Å². The van der Waals surface area contributed by atoms with Gasteiger partial charge in [0, 0.05) is 18.8 Å². The highest BCUT2D eigenvalue weighted by Gasteiger charge is 2.26. The van der Waals surface area contributed by atoms with Gasteiger partial charge in [0.2, 0.25) is 0 Å². The number of anilines is 1. The van der Waals surface area contributed by atoms with Crippen LogP contribution < -0.4 is 10.2 Å². The summed E-state index contributed by atoms with van der Waals surface area (Å²) in [5, 5.41) is 2.71. The van der Waals surface area contributed by atoms with E-state index in [2.05, 4.69) is 34.5 Å². The second-order valence-electron chi connectivity index (χ2n) is 10.2. The van der Waals surface area contributed by atoms with Crippen molar-refractivity contribution in [1.82, 2.24) is 5.32 Å². The average molecular weight is 467 g/mol. The molecule has 0 radical (unpaired) electrons. The summed E-state index contributed by atoms with van der Waals surface area (Å²) in [4.78, 5) is 14.3. The molecule has 1 saturated heterocycles. The highest BCUT2D eigenvalue weighted by atomic mass is 32.2. The first-order valence-corrected chi connectivity index (χ1v) is 13.7. The predicted molar refractivity (Wildman–Crippen MR) is 132 cm³/mol. The van der Waals surface area contributed by atoms with Crippen LogP contribution in [0.2, 0.25) is 0 Å². The maximum atomic E-state index is 12.0. The molecule has 182 valence electrons. The fraction of sp³-hybridized carbons (Fsp3) is 0.720. The Labute approximate surface area is 195 Å². The number of hydrogen-bond acceptors (Lipinski definition) is 5. The molecular formula is C25H42N2O4S. The second-order valence-corrected chi connectivity index (χ2v) is 12.9. The largest absolute Gasteiger partial charge is 0.444 e. The van der Waals surface area contributed by atoms with Gasteiger partial charge in [0.1, 0.15) is 5.60 Å². The average Bonchev–Trinajstić information content (AvgIpc) is 3.14. The van der Waals surface area contributed by atoms with Crippen molar-refractivity contribution < 1.29 is 17.9 Å². The van der Waals surface area contributed by atoms with E-state index in [1.807, 2.05) is 20.8 Å². The Bertz CT molecular complexity index is 813. The topological polar surface area (TPSA) is 75.7 Å². The summed E-state index contributed by atoms with van der Waals surface area (Å²) in [6, 6.07) is 8.84. The standard InChI is InChI=1S/C25H42N2O4S/c1-20(2)32(29,30)18-10-8-6-7-9-11-21-12-14-23(15-13-21)27-17-16-22(19-27)26-24(28)31-25(3,4)5/h12-15,20,22H,6-11,16-19H2,1-5H3,(H,26,28). The summed E-state index contributed by atoms with van der Waals surface area (Å²) in [7, 11) is -2.89. The SMILES string of the molecule is CC(C)S(=O)(=O)CCCCCCCc1ccc(N2CCC(NC(=O)OC(C)(C)C)C2)cc1. The van der Waals surface area contributed by atoms with E-state index in [1.54, 1.807) is 13.8 Å². The summed E-state index contributed by atoms with van der Waals surface area (Å²) in [6.45, 7) is 10.8. The number of nitrogens with one attached hydrogen (secondary N) is 1. The molecule has 1 fully saturated rings. The number of amides is 1. The third-order valence-electron chi connectivity index (χ3n) is 5.82. The summed E-state index contributed by atoms with van der Waals surface area (Å²) in [6.07, 6.45) is 6.72. The zero-order valence-corrected chi connectivity index (χ0v) is 21.3. The maximum absolute atomic E-state index is 12.0. The van der Waals surface area contributed by atoms with Crippen molar-refractivity contribution in [1.29, 1.82) is 0 Å². The maximum Gasteiger partial charge on any atom is 0.407 e. The molecule has 0 spiro atoms. The van der Waals surface area contributed by atoms with Crippen molar-refractivity contribution in [3.05, 3.63) is 29.8 Å². The van der Waals surface area contributed by atoms with Crippen LogP contribution in [0.15, 0.2) is 24.3 Å². The lowest BCUT2D eigenvalue weighted by atomic mass is 10.1. The number of ether oxygens (including phenoxy) is 1. The predicted octanol–water partition coefficient (Wildman–Crippen LogP) is 5.11. The molecule has 1 heterocycles. The molecular weight excluding hydrogens is 424 g/mol. The molecule has 2 rings (SSSR count). The molecule has 1 aliphatic rings. The van der Waals surface area contributed by atoms with Crippen LogP contribution in [-0.2, 0) is 21.0 Å². The Morgan fingerprint density at radius 1 is 1.09 bits per heavy atom. The van der Waals surface area contributed by atoms with Gasteiger partial charge in [-0.1, -0.05) is 31.4 Å². The van der Waals surface area contributed by atoms with E-state index < -0.39 is 15.4 Å². The molecule has 0 aromatic heterocycles. The number of nitrogens with zero attached hydrogens (tertiary/aromatic N) is 1. The first-order valence-electron chi connectivity index (χ1n) is 12.0. The van der Waals surface area contributed by atoms with Crippen molar-refractivity contribution in [2.24, 2.45) is 0 Å². The van der Waals surface area contributed by atoms with E-state index in [0.717, 1.165) is 58.0 Å². The summed E-state index contributed by atoms with van der Waals surface area (Å²) < 4.78 is 29.0. The zero-order valence-electron chi connectivity index (χ0n) is 20.5. The fourth-order valence-electron chi connectivity index (χ4n) is 3.86. The van der Waals surface area contributed by atoms with Gasteiger partial charge >= 0.3 is 6.09 Å². The normalized spacial score (nSPS) is 17.1. The van der Waals surface area contributed by atoms with Gasteiger partial charge in [-0.2, -0.15) is 0 Å². The summed E-state index contributed by atoms with van der Waals surface area (Å²) >= 11 is 0. The summed E-state index contributed by atoms with van der Waals surface area (Å²) in [5.41, 5.74) is 2.04. The number of rotatable bonds is 11. The minimum Gasteiger partial charge on any atom is -0.444 e. The lowest BCUT2D eigenvalue weighted by Crippen LogP contribution is -2.40. The number of aryl methyl sites for hydroxylation is 1. The van der Waals surface area contributed by atoms with E-state index >= 15 is 0 Å². The number of sulfone groups is 1. The van der Waals surface area contributed by atoms with Crippen LogP contribution in [-0.4, -0.2) is 50.2 Å². The first kappa shape index (κ1) is 26.5. The van der Waals surface area contributed by atoms with E-state index in [9.17, 15) is 13.2 Å². The first-order chi connectivity index (χ1) is 15.0. The molecule has 1 aromatic carbocycles. The van der Waals surface area contributed by atoms with Gasteiger partial charge in [-0.3, -0.25) is 0 Å². The monoisotopic (exact) mass is 466 g/mol. The Morgan fingerprint density at radius 2 is 1.72 bits per heavy atom. The third kappa shape index (κ3) is 9.39. The fourth-order valence-corrected chi connectivity index (χ4v) is 4.94. The van der Waals surface area contributed by atoms with Gasteiger partial charge < -0.3 is 15.0 Å². The van der Waals surface area contributed by atoms with Crippen LogP contribution in [0.3, 0.4) is 0 Å². The minimum atomic E-state index is -2.89. The molecule has 1 aliphatic heterocycles. The highest BCUT2D eigenvalue weighted by molar-refractivity contribution is 7.91. The van der Waals surface area contributed by atoms with Crippen molar-refractivity contribution in [2.75, 3.05) is 23.7 Å². The third-order valence-corrected chi connectivity index (χ3v) is 8.12. The molecule has 1 atom stereocenters. The second kappa shape index (κ2) is 11.9. The Morgan fingerprint density at radius 3 is 2.34 bits per heavy atom. The number of benzene rings is 1. The van der Waals surface area contributed by atoms with Crippen molar-refractivity contribution in [3.63, 3.8) is 0 Å². The smallest absolute Gasteiger partial charge is 0.407 e. The van der Waals surface area contributed by atoms with Crippen molar-refractivity contribution in [2.45, 2.75) is 96.5 Å². The van der Waals surface area contributed by atoms with Crippen LogP contribution >= 0.6 is 0 Å². The number of hydrogen-bond donors (Lipinski definition) is 1. The number of unbranched alkanes of at least 4 members (excludes halogenated alkanes) is 4. The minimum absolute atomic E-state index is 0.111. The van der Waals surface area contributed by atoms with E-state index in [1.165, 1.54) is 11.3 Å². The molecule has 7 heteroatoms. The van der Waals surface area contributed by atoms with Gasteiger partial charge in [-0.05, 0) is 78.0 Å². The Balaban J connectivity index is 1.65. The molecule has 32 heavy (non-hydrogen) atoms. The van der Waals surface area contributed by atoms with Gasteiger partial charge in [0.25, 0.3) is 0 Å². The van der Waals surface area contributed by atoms with Gasteiger partial charge in [0.15, 0.2) is 9.84 Å². The Hall–Kier alpha value is -1.76. The lowest BCUT2D eigenvalue weighted by molar-refractivity contribution is 0.0509. The summed E-state index contributed by atoms with van der Waals surface area (Å²) in [5.74, 6) is 0.316. The van der Waals surface area contributed by atoms with E-state index in [0.29, 0.717) is 5.75 Å². The van der Waals surface area contributed by atoms with Crippen LogP contribution in [0.1, 0.15) is 78.7 Å².